The van der Waals surface area contributed by atoms with Gasteiger partial charge in [0.15, 0.2) is 5.69 Å². The van der Waals surface area contributed by atoms with Crippen molar-refractivity contribution in [2.75, 3.05) is 12.4 Å². The Bertz CT molecular complexity index is 1110. The summed E-state index contributed by atoms with van der Waals surface area (Å²) in [7, 11) is 1.53. The fourth-order valence-corrected chi connectivity index (χ4v) is 2.83. The molecule has 0 bridgehead atoms. The zero-order valence-corrected chi connectivity index (χ0v) is 15.9. The van der Waals surface area contributed by atoms with Crippen molar-refractivity contribution in [3.8, 4) is 5.69 Å². The van der Waals surface area contributed by atoms with Gasteiger partial charge in [-0.2, -0.15) is 5.10 Å². The van der Waals surface area contributed by atoms with Gasteiger partial charge in [-0.15, -0.1) is 0 Å². The first-order valence-electron chi connectivity index (χ1n) is 8.40. The minimum atomic E-state index is -0.654. The molecule has 0 radical (unpaired) electrons. The second kappa shape index (κ2) is 8.06. The van der Waals surface area contributed by atoms with Crippen LogP contribution in [-0.4, -0.2) is 28.6 Å². The Hall–Kier alpha value is -3.45. The molecule has 0 saturated heterocycles. The van der Waals surface area contributed by atoms with Gasteiger partial charge in [0.05, 0.1) is 10.7 Å². The van der Waals surface area contributed by atoms with Gasteiger partial charge in [-0.05, 0) is 43.3 Å². The zero-order chi connectivity index (χ0) is 20.3. The quantitative estimate of drug-likeness (QED) is 0.709. The molecule has 0 aliphatic carbocycles. The fourth-order valence-electron chi connectivity index (χ4n) is 2.61. The van der Waals surface area contributed by atoms with E-state index in [1.807, 2.05) is 0 Å². The second-order valence-electron chi connectivity index (χ2n) is 5.97. The summed E-state index contributed by atoms with van der Waals surface area (Å²) in [5, 5.41) is 9.78. The van der Waals surface area contributed by atoms with E-state index >= 15 is 0 Å². The minimum Gasteiger partial charge on any atom is -0.355 e. The Balaban J connectivity index is 1.92. The smallest absolute Gasteiger partial charge is 0.280 e. The Morgan fingerprint density at radius 2 is 1.71 bits per heavy atom. The van der Waals surface area contributed by atoms with Gasteiger partial charge in [-0.1, -0.05) is 23.7 Å². The number of halogens is 1. The molecule has 3 rings (SSSR count). The van der Waals surface area contributed by atoms with Crippen molar-refractivity contribution in [1.82, 2.24) is 15.1 Å². The first kappa shape index (κ1) is 19.3. The highest BCUT2D eigenvalue weighted by Gasteiger charge is 2.16. The number of hydrogen-bond donors (Lipinski definition) is 2. The van der Waals surface area contributed by atoms with Crippen LogP contribution in [0.3, 0.4) is 0 Å². The number of rotatable bonds is 4. The monoisotopic (exact) mass is 396 g/mol. The molecule has 1 aromatic heterocycles. The summed E-state index contributed by atoms with van der Waals surface area (Å²) < 4.78 is 1.45. The Kier molecular flexibility index (Phi) is 5.56. The molecule has 2 N–H and O–H groups in total. The molecule has 0 atom stereocenters. The predicted octanol–water partition coefficient (Wildman–Crippen LogP) is 2.81. The lowest BCUT2D eigenvalue weighted by Crippen LogP contribution is -2.27. The van der Waals surface area contributed by atoms with Crippen molar-refractivity contribution in [1.29, 1.82) is 0 Å². The number of nitrogens with zero attached hydrogens (tertiary/aromatic N) is 2. The summed E-state index contributed by atoms with van der Waals surface area (Å²) in [6.45, 7) is 1.71. The SMILES string of the molecule is CNC(=O)c1ccc(NC(=O)c2nn(-c3ccccc3Cl)c(C)cc2=O)cc1. The Morgan fingerprint density at radius 1 is 1.04 bits per heavy atom. The molecule has 0 fully saturated rings. The molecule has 1 heterocycles. The van der Waals surface area contributed by atoms with Crippen molar-refractivity contribution in [3.63, 3.8) is 0 Å². The zero-order valence-electron chi connectivity index (χ0n) is 15.2. The van der Waals surface area contributed by atoms with Crippen LogP contribution in [0.25, 0.3) is 5.69 Å². The third kappa shape index (κ3) is 3.94. The number of amides is 2. The standard InChI is InChI=1S/C20H17ClN4O3/c1-12-11-17(26)18(24-25(12)16-6-4-3-5-15(16)21)20(28)23-14-9-7-13(8-10-14)19(27)22-2/h3-11H,1-2H3,(H,22,27)(H,23,28). The summed E-state index contributed by atoms with van der Waals surface area (Å²) in [5.41, 5.74) is 1.23. The molecule has 28 heavy (non-hydrogen) atoms. The second-order valence-corrected chi connectivity index (χ2v) is 6.38. The molecular weight excluding hydrogens is 380 g/mol. The van der Waals surface area contributed by atoms with Crippen LogP contribution in [-0.2, 0) is 0 Å². The van der Waals surface area contributed by atoms with E-state index in [2.05, 4.69) is 15.7 Å². The predicted molar refractivity (Wildman–Crippen MR) is 107 cm³/mol. The minimum absolute atomic E-state index is 0.235. The topological polar surface area (TPSA) is 93.1 Å². The van der Waals surface area contributed by atoms with Crippen molar-refractivity contribution >= 4 is 29.1 Å². The molecular formula is C20H17ClN4O3. The van der Waals surface area contributed by atoms with Gasteiger partial charge in [0, 0.05) is 30.1 Å². The molecule has 2 amide bonds. The summed E-state index contributed by atoms with van der Waals surface area (Å²) in [4.78, 5) is 36.5. The van der Waals surface area contributed by atoms with E-state index in [1.54, 1.807) is 55.5 Å². The van der Waals surface area contributed by atoms with Crippen molar-refractivity contribution < 1.29 is 9.59 Å². The first-order chi connectivity index (χ1) is 13.4. The van der Waals surface area contributed by atoms with Crippen LogP contribution >= 0.6 is 11.6 Å². The van der Waals surface area contributed by atoms with Gasteiger partial charge >= 0.3 is 0 Å². The normalized spacial score (nSPS) is 10.4. The average molecular weight is 397 g/mol. The third-order valence-corrected chi connectivity index (χ3v) is 4.35. The molecule has 8 heteroatoms. The average Bonchev–Trinajstić information content (AvgIpc) is 2.68. The lowest BCUT2D eigenvalue weighted by atomic mass is 10.2. The van der Waals surface area contributed by atoms with E-state index in [0.717, 1.165) is 0 Å². The van der Waals surface area contributed by atoms with E-state index in [4.69, 9.17) is 11.6 Å². The van der Waals surface area contributed by atoms with Crippen LogP contribution in [0.1, 0.15) is 26.5 Å². The van der Waals surface area contributed by atoms with Crippen LogP contribution in [0.4, 0.5) is 5.69 Å². The summed E-state index contributed by atoms with van der Waals surface area (Å²) >= 11 is 6.21. The lowest BCUT2D eigenvalue weighted by Gasteiger charge is -2.12. The number of carbonyl (C=O) groups is 2. The van der Waals surface area contributed by atoms with Crippen LogP contribution in [0.15, 0.2) is 59.4 Å². The third-order valence-electron chi connectivity index (χ3n) is 4.04. The Morgan fingerprint density at radius 3 is 2.36 bits per heavy atom. The molecule has 0 unspecified atom stereocenters. The van der Waals surface area contributed by atoms with E-state index in [1.165, 1.54) is 17.8 Å². The maximum absolute atomic E-state index is 12.6. The first-order valence-corrected chi connectivity index (χ1v) is 8.78. The molecule has 0 aliphatic rings. The molecule has 0 spiro atoms. The molecule has 7 nitrogen and oxygen atoms in total. The van der Waals surface area contributed by atoms with E-state index in [9.17, 15) is 14.4 Å². The van der Waals surface area contributed by atoms with Crippen LogP contribution < -0.4 is 16.1 Å². The number of anilines is 1. The van der Waals surface area contributed by atoms with E-state index in [0.29, 0.717) is 27.7 Å². The highest BCUT2D eigenvalue weighted by Crippen LogP contribution is 2.20. The number of carbonyl (C=O) groups excluding carboxylic acids is 2. The molecule has 0 aliphatic heterocycles. The highest BCUT2D eigenvalue weighted by molar-refractivity contribution is 6.32. The van der Waals surface area contributed by atoms with Crippen molar-refractivity contribution in [3.05, 3.63) is 86.8 Å². The molecule has 3 aromatic rings. The molecule has 2 aromatic carbocycles. The van der Waals surface area contributed by atoms with Crippen LogP contribution in [0.2, 0.25) is 5.02 Å². The van der Waals surface area contributed by atoms with Gasteiger partial charge in [-0.25, -0.2) is 4.68 Å². The number of para-hydroxylation sites is 1. The number of benzene rings is 2. The van der Waals surface area contributed by atoms with E-state index < -0.39 is 11.3 Å². The van der Waals surface area contributed by atoms with Crippen molar-refractivity contribution in [2.45, 2.75) is 6.92 Å². The molecule has 142 valence electrons. The number of nitrogens with one attached hydrogen (secondary N) is 2. The number of aromatic nitrogens is 2. The molecule has 0 saturated carbocycles. The number of hydrogen-bond acceptors (Lipinski definition) is 4. The van der Waals surface area contributed by atoms with Crippen molar-refractivity contribution in [2.24, 2.45) is 0 Å². The van der Waals surface area contributed by atoms with Gasteiger partial charge < -0.3 is 10.6 Å². The largest absolute Gasteiger partial charge is 0.355 e. The number of aryl methyl sites for hydroxylation is 1. The summed E-state index contributed by atoms with van der Waals surface area (Å²) in [5.74, 6) is -0.890. The summed E-state index contributed by atoms with van der Waals surface area (Å²) in [6.07, 6.45) is 0. The van der Waals surface area contributed by atoms with E-state index in [-0.39, 0.29) is 11.6 Å². The van der Waals surface area contributed by atoms with Gasteiger partial charge in [0.1, 0.15) is 0 Å². The summed E-state index contributed by atoms with van der Waals surface area (Å²) in [6, 6.07) is 14.6. The maximum Gasteiger partial charge on any atom is 0.280 e. The Labute approximate surface area is 166 Å². The van der Waals surface area contributed by atoms with Crippen LogP contribution in [0, 0.1) is 6.92 Å². The fraction of sp³-hybridized carbons (Fsp3) is 0.100. The maximum atomic E-state index is 12.6. The highest BCUT2D eigenvalue weighted by atomic mass is 35.5. The van der Waals surface area contributed by atoms with Crippen LogP contribution in [0.5, 0.6) is 0 Å². The van der Waals surface area contributed by atoms with Gasteiger partial charge in [0.25, 0.3) is 11.8 Å². The van der Waals surface area contributed by atoms with Gasteiger partial charge in [0.2, 0.25) is 5.43 Å². The lowest BCUT2D eigenvalue weighted by molar-refractivity contribution is 0.0962. The van der Waals surface area contributed by atoms with Gasteiger partial charge in [-0.3, -0.25) is 14.4 Å².